The predicted octanol–water partition coefficient (Wildman–Crippen LogP) is 4.42. The number of hydrogen-bond donors (Lipinski definition) is 1. The molecule has 1 amide bonds. The van der Waals surface area contributed by atoms with E-state index in [1.807, 2.05) is 18.2 Å². The van der Waals surface area contributed by atoms with E-state index in [-0.39, 0.29) is 30.9 Å². The molecule has 1 atom stereocenters. The predicted molar refractivity (Wildman–Crippen MR) is 114 cm³/mol. The van der Waals surface area contributed by atoms with Crippen LogP contribution in [0.4, 0.5) is 18.9 Å². The lowest BCUT2D eigenvalue weighted by atomic mass is 10.0. The van der Waals surface area contributed by atoms with Gasteiger partial charge in [-0.3, -0.25) is 4.79 Å². The van der Waals surface area contributed by atoms with Gasteiger partial charge in [-0.2, -0.15) is 13.2 Å². The van der Waals surface area contributed by atoms with Gasteiger partial charge in [0.2, 0.25) is 0 Å². The SMILES string of the molecule is O=C1COC(CNCCc2cccc3ccccc23)CN1c1cccc(C(F)(F)F)c1. The number of nitrogens with zero attached hydrogens (tertiary/aromatic N) is 1. The number of amides is 1. The summed E-state index contributed by atoms with van der Waals surface area (Å²) in [6.07, 6.45) is -3.90. The van der Waals surface area contributed by atoms with Crippen molar-refractivity contribution >= 4 is 22.4 Å². The Morgan fingerprint density at radius 3 is 2.65 bits per heavy atom. The highest BCUT2D eigenvalue weighted by Gasteiger charge is 2.32. The number of halogens is 3. The Morgan fingerprint density at radius 2 is 1.81 bits per heavy atom. The van der Waals surface area contributed by atoms with Crippen molar-refractivity contribution in [1.29, 1.82) is 0 Å². The van der Waals surface area contributed by atoms with Gasteiger partial charge in [0.1, 0.15) is 6.61 Å². The molecule has 0 aliphatic carbocycles. The maximum atomic E-state index is 13.0. The molecule has 1 unspecified atom stereocenters. The first-order chi connectivity index (χ1) is 14.9. The topological polar surface area (TPSA) is 41.6 Å². The van der Waals surface area contributed by atoms with Gasteiger partial charge in [-0.25, -0.2) is 0 Å². The number of anilines is 1. The van der Waals surface area contributed by atoms with Gasteiger partial charge in [-0.15, -0.1) is 0 Å². The molecule has 0 bridgehead atoms. The molecule has 1 saturated heterocycles. The first-order valence-electron chi connectivity index (χ1n) is 10.2. The second-order valence-electron chi connectivity index (χ2n) is 7.58. The minimum absolute atomic E-state index is 0.147. The van der Waals surface area contributed by atoms with Gasteiger partial charge >= 0.3 is 6.18 Å². The maximum absolute atomic E-state index is 13.0. The minimum atomic E-state index is -4.45. The lowest BCUT2D eigenvalue weighted by Crippen LogP contribution is -2.50. The zero-order chi connectivity index (χ0) is 21.8. The fourth-order valence-electron chi connectivity index (χ4n) is 3.84. The van der Waals surface area contributed by atoms with E-state index in [4.69, 9.17) is 4.74 Å². The summed E-state index contributed by atoms with van der Waals surface area (Å²) in [5.74, 6) is -0.341. The van der Waals surface area contributed by atoms with Crippen LogP contribution in [0.5, 0.6) is 0 Å². The van der Waals surface area contributed by atoms with Gasteiger partial charge in [0.25, 0.3) is 5.91 Å². The van der Waals surface area contributed by atoms with E-state index in [1.165, 1.54) is 33.4 Å². The van der Waals surface area contributed by atoms with E-state index in [0.29, 0.717) is 6.54 Å². The summed E-state index contributed by atoms with van der Waals surface area (Å²) in [4.78, 5) is 13.6. The Hall–Kier alpha value is -2.90. The van der Waals surface area contributed by atoms with Gasteiger partial charge in [-0.1, -0.05) is 48.5 Å². The van der Waals surface area contributed by atoms with E-state index in [1.54, 1.807) is 0 Å². The van der Waals surface area contributed by atoms with Crippen molar-refractivity contribution in [3.8, 4) is 0 Å². The highest BCUT2D eigenvalue weighted by molar-refractivity contribution is 5.95. The molecule has 0 radical (unpaired) electrons. The average Bonchev–Trinajstić information content (AvgIpc) is 2.77. The van der Waals surface area contributed by atoms with Crippen molar-refractivity contribution in [2.24, 2.45) is 0 Å². The summed E-state index contributed by atoms with van der Waals surface area (Å²) in [6.45, 7) is 1.30. The van der Waals surface area contributed by atoms with Crippen molar-refractivity contribution in [2.45, 2.75) is 18.7 Å². The molecule has 162 valence electrons. The molecule has 4 rings (SSSR count). The third-order valence-corrected chi connectivity index (χ3v) is 5.44. The van der Waals surface area contributed by atoms with Gasteiger partial charge in [0, 0.05) is 12.2 Å². The molecule has 3 aromatic rings. The summed E-state index contributed by atoms with van der Waals surface area (Å²) < 4.78 is 44.6. The van der Waals surface area contributed by atoms with E-state index in [9.17, 15) is 18.0 Å². The van der Waals surface area contributed by atoms with Crippen LogP contribution in [0.15, 0.2) is 66.7 Å². The van der Waals surface area contributed by atoms with Crippen LogP contribution in [-0.4, -0.2) is 38.3 Å². The Bertz CT molecular complexity index is 1060. The zero-order valence-electron chi connectivity index (χ0n) is 16.9. The minimum Gasteiger partial charge on any atom is -0.365 e. The fourth-order valence-corrected chi connectivity index (χ4v) is 3.84. The first kappa shape index (κ1) is 21.3. The average molecular weight is 428 g/mol. The maximum Gasteiger partial charge on any atom is 0.416 e. The highest BCUT2D eigenvalue weighted by Crippen LogP contribution is 2.32. The number of carbonyl (C=O) groups excluding carboxylic acids is 1. The van der Waals surface area contributed by atoms with Crippen LogP contribution in [0.1, 0.15) is 11.1 Å². The molecule has 1 aliphatic rings. The van der Waals surface area contributed by atoms with Crippen LogP contribution in [0.2, 0.25) is 0 Å². The summed E-state index contributed by atoms with van der Waals surface area (Å²) >= 11 is 0. The summed E-state index contributed by atoms with van der Waals surface area (Å²) in [5.41, 5.74) is 0.717. The number of benzene rings is 3. The Kier molecular flexibility index (Phi) is 6.25. The van der Waals surface area contributed by atoms with Crippen LogP contribution in [-0.2, 0) is 22.1 Å². The molecule has 1 heterocycles. The molecular formula is C24H23F3N2O2. The second-order valence-corrected chi connectivity index (χ2v) is 7.58. The van der Waals surface area contributed by atoms with E-state index in [0.717, 1.165) is 25.1 Å². The normalized spacial score (nSPS) is 17.3. The lowest BCUT2D eigenvalue weighted by molar-refractivity contribution is -0.137. The zero-order valence-corrected chi connectivity index (χ0v) is 16.9. The highest BCUT2D eigenvalue weighted by atomic mass is 19.4. The van der Waals surface area contributed by atoms with Gasteiger partial charge in [-0.05, 0) is 47.5 Å². The quantitative estimate of drug-likeness (QED) is 0.591. The molecule has 0 aromatic heterocycles. The third-order valence-electron chi connectivity index (χ3n) is 5.44. The van der Waals surface area contributed by atoms with Gasteiger partial charge in [0.15, 0.2) is 0 Å². The standard InChI is InChI=1S/C24H23F3N2O2/c25-24(26,27)19-8-4-9-20(13-19)29-15-21(31-16-23(29)30)14-28-12-11-18-7-3-6-17-5-1-2-10-22(17)18/h1-10,13,21,28H,11-12,14-16H2. The number of morpholine rings is 1. The summed E-state index contributed by atoms with van der Waals surface area (Å²) in [5, 5.41) is 5.77. The number of ether oxygens (including phenoxy) is 1. The van der Waals surface area contributed by atoms with Gasteiger partial charge in [0.05, 0.1) is 18.2 Å². The van der Waals surface area contributed by atoms with E-state index < -0.39 is 11.7 Å². The molecule has 1 aliphatic heterocycles. The van der Waals surface area contributed by atoms with Gasteiger partial charge < -0.3 is 15.0 Å². The molecule has 1 N–H and O–H groups in total. The summed E-state index contributed by atoms with van der Waals surface area (Å²) in [6, 6.07) is 19.3. The van der Waals surface area contributed by atoms with Crippen molar-refractivity contribution in [3.63, 3.8) is 0 Å². The van der Waals surface area contributed by atoms with Crippen molar-refractivity contribution in [1.82, 2.24) is 5.32 Å². The van der Waals surface area contributed by atoms with E-state index >= 15 is 0 Å². The van der Waals surface area contributed by atoms with Crippen molar-refractivity contribution in [3.05, 3.63) is 77.9 Å². The van der Waals surface area contributed by atoms with Crippen LogP contribution in [0.3, 0.4) is 0 Å². The number of nitrogens with one attached hydrogen (secondary N) is 1. The lowest BCUT2D eigenvalue weighted by Gasteiger charge is -2.33. The number of alkyl halides is 3. The number of rotatable bonds is 6. The van der Waals surface area contributed by atoms with Crippen molar-refractivity contribution in [2.75, 3.05) is 31.1 Å². The number of carbonyl (C=O) groups is 1. The largest absolute Gasteiger partial charge is 0.416 e. The first-order valence-corrected chi connectivity index (χ1v) is 10.2. The number of hydrogen-bond acceptors (Lipinski definition) is 3. The third kappa shape index (κ3) is 5.06. The van der Waals surface area contributed by atoms with Crippen LogP contribution < -0.4 is 10.2 Å². The molecular weight excluding hydrogens is 405 g/mol. The second kappa shape index (κ2) is 9.08. The smallest absolute Gasteiger partial charge is 0.365 e. The Balaban J connectivity index is 1.34. The Morgan fingerprint density at radius 1 is 1.03 bits per heavy atom. The monoisotopic (exact) mass is 428 g/mol. The Labute approximate surface area is 178 Å². The molecule has 3 aromatic carbocycles. The van der Waals surface area contributed by atoms with Crippen LogP contribution in [0, 0.1) is 0 Å². The molecule has 7 heteroatoms. The fraction of sp³-hybridized carbons (Fsp3) is 0.292. The molecule has 1 fully saturated rings. The number of fused-ring (bicyclic) bond motifs is 1. The molecule has 31 heavy (non-hydrogen) atoms. The van der Waals surface area contributed by atoms with Crippen LogP contribution >= 0.6 is 0 Å². The van der Waals surface area contributed by atoms with Crippen LogP contribution in [0.25, 0.3) is 10.8 Å². The molecule has 0 saturated carbocycles. The molecule has 0 spiro atoms. The van der Waals surface area contributed by atoms with Crippen molar-refractivity contribution < 1.29 is 22.7 Å². The summed E-state index contributed by atoms with van der Waals surface area (Å²) in [7, 11) is 0. The van der Waals surface area contributed by atoms with E-state index in [2.05, 4.69) is 29.6 Å². The molecule has 4 nitrogen and oxygen atoms in total.